The molecule has 4 heteroatoms. The maximum absolute atomic E-state index is 12.0. The molecule has 0 saturated carbocycles. The predicted molar refractivity (Wildman–Crippen MR) is 75.1 cm³/mol. The van der Waals surface area contributed by atoms with E-state index >= 15 is 0 Å². The minimum Gasteiger partial charge on any atom is -0.299 e. The molecule has 4 nitrogen and oxygen atoms in total. The molecule has 0 fully saturated rings. The molecule has 0 amide bonds. The fraction of sp³-hybridized carbons (Fsp3) is 0.400. The van der Waals surface area contributed by atoms with Gasteiger partial charge >= 0.3 is 0 Å². The monoisotopic (exact) mass is 258 g/mol. The minimum absolute atomic E-state index is 0.0327. The summed E-state index contributed by atoms with van der Waals surface area (Å²) in [7, 11) is 0. The molecule has 1 aromatic heterocycles. The van der Waals surface area contributed by atoms with Crippen molar-refractivity contribution in [3.8, 4) is 0 Å². The topological polar surface area (TPSA) is 62.8 Å². The molecule has 0 spiro atoms. The summed E-state index contributed by atoms with van der Waals surface area (Å²) in [6.07, 6.45) is 0.761. The Labute approximate surface area is 111 Å². The van der Waals surface area contributed by atoms with E-state index in [4.69, 9.17) is 0 Å². The highest BCUT2D eigenvalue weighted by atomic mass is 16.1. The summed E-state index contributed by atoms with van der Waals surface area (Å²) < 4.78 is 0. The molecule has 2 rings (SSSR count). The third-order valence-corrected chi connectivity index (χ3v) is 2.87. The zero-order chi connectivity index (χ0) is 14.0. The van der Waals surface area contributed by atoms with Crippen molar-refractivity contribution in [2.24, 2.45) is 5.41 Å². The molecule has 0 atom stereocenters. The van der Waals surface area contributed by atoms with E-state index in [-0.39, 0.29) is 23.2 Å². The minimum atomic E-state index is -0.220. The van der Waals surface area contributed by atoms with Crippen LogP contribution in [0.15, 0.2) is 29.1 Å². The zero-order valence-electron chi connectivity index (χ0n) is 11.5. The van der Waals surface area contributed by atoms with Crippen LogP contribution in [0, 0.1) is 5.41 Å². The van der Waals surface area contributed by atoms with Crippen molar-refractivity contribution in [2.75, 3.05) is 0 Å². The standard InChI is InChI=1S/C15H18N2O2/c1-15(2,3)9-10(18)8-13-11-6-4-5-7-12(11)14(19)17-16-13/h4-7H,8-9H2,1-3H3,(H,17,19). The molecule has 0 aliphatic carbocycles. The molecule has 0 bridgehead atoms. The van der Waals surface area contributed by atoms with Crippen molar-refractivity contribution < 1.29 is 4.79 Å². The number of aromatic nitrogens is 2. The number of nitrogens with zero attached hydrogens (tertiary/aromatic N) is 1. The summed E-state index contributed by atoms with van der Waals surface area (Å²) in [6, 6.07) is 7.23. The van der Waals surface area contributed by atoms with Gasteiger partial charge in [-0.3, -0.25) is 9.59 Å². The summed E-state index contributed by atoms with van der Waals surface area (Å²) in [4.78, 5) is 23.7. The number of aromatic amines is 1. The second-order valence-corrected chi connectivity index (χ2v) is 6.00. The largest absolute Gasteiger partial charge is 0.299 e. The second-order valence-electron chi connectivity index (χ2n) is 6.00. The highest BCUT2D eigenvalue weighted by Crippen LogP contribution is 2.21. The first-order chi connectivity index (χ1) is 8.87. The lowest BCUT2D eigenvalue weighted by Crippen LogP contribution is -2.17. The Bertz CT molecular complexity index is 666. The number of carbonyl (C=O) groups excluding carboxylic acids is 1. The first-order valence-corrected chi connectivity index (χ1v) is 6.35. The van der Waals surface area contributed by atoms with Gasteiger partial charge in [0.1, 0.15) is 5.78 Å². The Hall–Kier alpha value is -1.97. The van der Waals surface area contributed by atoms with Crippen molar-refractivity contribution in [2.45, 2.75) is 33.6 Å². The van der Waals surface area contributed by atoms with Crippen LogP contribution in [0.3, 0.4) is 0 Å². The smallest absolute Gasteiger partial charge is 0.272 e. The van der Waals surface area contributed by atoms with Gasteiger partial charge in [-0.25, -0.2) is 5.10 Å². The number of Topliss-reactive ketones (excluding diaryl/α,β-unsaturated/α-hetero) is 1. The maximum Gasteiger partial charge on any atom is 0.272 e. The SMILES string of the molecule is CC(C)(C)CC(=O)Cc1n[nH]c(=O)c2ccccc12. The van der Waals surface area contributed by atoms with E-state index in [1.54, 1.807) is 12.1 Å². The molecular weight excluding hydrogens is 240 g/mol. The Morgan fingerprint density at radius 1 is 1.21 bits per heavy atom. The number of benzene rings is 1. The molecule has 100 valence electrons. The van der Waals surface area contributed by atoms with Gasteiger partial charge in [0, 0.05) is 11.8 Å². The van der Waals surface area contributed by atoms with Crippen molar-refractivity contribution in [1.82, 2.24) is 10.2 Å². The van der Waals surface area contributed by atoms with Gasteiger partial charge in [-0.2, -0.15) is 5.10 Å². The first kappa shape index (κ1) is 13.5. The predicted octanol–water partition coefficient (Wildman–Crippen LogP) is 2.47. The molecule has 1 N–H and O–H groups in total. The van der Waals surface area contributed by atoms with Gasteiger partial charge in [-0.15, -0.1) is 0 Å². The Morgan fingerprint density at radius 2 is 1.84 bits per heavy atom. The third-order valence-electron chi connectivity index (χ3n) is 2.87. The van der Waals surface area contributed by atoms with Gasteiger partial charge in [0.05, 0.1) is 17.5 Å². The van der Waals surface area contributed by atoms with Crippen molar-refractivity contribution in [1.29, 1.82) is 0 Å². The van der Waals surface area contributed by atoms with Gasteiger partial charge in [0.15, 0.2) is 0 Å². The molecule has 2 aromatic rings. The van der Waals surface area contributed by atoms with E-state index in [1.165, 1.54) is 0 Å². The summed E-state index contributed by atoms with van der Waals surface area (Å²) in [5.74, 6) is 0.136. The molecule has 0 aliphatic heterocycles. The normalized spacial score (nSPS) is 11.7. The summed E-state index contributed by atoms with van der Waals surface area (Å²) in [5.41, 5.74) is 0.391. The number of hydrogen-bond donors (Lipinski definition) is 1. The molecule has 1 aromatic carbocycles. The fourth-order valence-corrected chi connectivity index (χ4v) is 2.15. The molecule has 0 saturated heterocycles. The van der Waals surface area contributed by atoms with Crippen LogP contribution in [-0.4, -0.2) is 16.0 Å². The highest BCUT2D eigenvalue weighted by Gasteiger charge is 2.18. The van der Waals surface area contributed by atoms with Crippen molar-refractivity contribution >= 4 is 16.6 Å². The lowest BCUT2D eigenvalue weighted by molar-refractivity contribution is -0.120. The number of hydrogen-bond acceptors (Lipinski definition) is 3. The molecule has 1 heterocycles. The lowest BCUT2D eigenvalue weighted by atomic mass is 9.88. The van der Waals surface area contributed by atoms with Crippen LogP contribution in [0.5, 0.6) is 0 Å². The quantitative estimate of drug-likeness (QED) is 0.919. The number of carbonyl (C=O) groups is 1. The number of ketones is 1. The van der Waals surface area contributed by atoms with Crippen LogP contribution < -0.4 is 5.56 Å². The number of nitrogens with one attached hydrogen (secondary N) is 1. The van der Waals surface area contributed by atoms with Crippen LogP contribution in [0.1, 0.15) is 32.9 Å². The van der Waals surface area contributed by atoms with E-state index in [0.29, 0.717) is 17.5 Å². The summed E-state index contributed by atoms with van der Waals surface area (Å²) >= 11 is 0. The van der Waals surface area contributed by atoms with Crippen LogP contribution in [-0.2, 0) is 11.2 Å². The van der Waals surface area contributed by atoms with E-state index in [1.807, 2.05) is 32.9 Å². The van der Waals surface area contributed by atoms with E-state index in [0.717, 1.165) is 5.39 Å². The van der Waals surface area contributed by atoms with Crippen LogP contribution >= 0.6 is 0 Å². The molecule has 0 radical (unpaired) electrons. The third kappa shape index (κ3) is 3.28. The lowest BCUT2D eigenvalue weighted by Gasteiger charge is -2.16. The fourth-order valence-electron chi connectivity index (χ4n) is 2.15. The van der Waals surface area contributed by atoms with E-state index in [9.17, 15) is 9.59 Å². The van der Waals surface area contributed by atoms with Crippen molar-refractivity contribution in [3.05, 3.63) is 40.3 Å². The van der Waals surface area contributed by atoms with E-state index in [2.05, 4.69) is 10.2 Å². The maximum atomic E-state index is 12.0. The van der Waals surface area contributed by atoms with Crippen molar-refractivity contribution in [3.63, 3.8) is 0 Å². The van der Waals surface area contributed by atoms with Gasteiger partial charge in [0.25, 0.3) is 5.56 Å². The zero-order valence-corrected chi connectivity index (χ0v) is 11.5. The molecule has 0 aliphatic rings. The van der Waals surface area contributed by atoms with Gasteiger partial charge in [0.2, 0.25) is 0 Å². The Kier molecular flexibility index (Phi) is 3.51. The molecule has 19 heavy (non-hydrogen) atoms. The highest BCUT2D eigenvalue weighted by molar-refractivity contribution is 5.89. The van der Waals surface area contributed by atoms with Crippen LogP contribution in [0.25, 0.3) is 10.8 Å². The Morgan fingerprint density at radius 3 is 2.47 bits per heavy atom. The average molecular weight is 258 g/mol. The molecular formula is C15H18N2O2. The Balaban J connectivity index is 2.34. The van der Waals surface area contributed by atoms with Crippen LogP contribution in [0.4, 0.5) is 0 Å². The second kappa shape index (κ2) is 4.96. The van der Waals surface area contributed by atoms with Crippen LogP contribution in [0.2, 0.25) is 0 Å². The number of fused-ring (bicyclic) bond motifs is 1. The first-order valence-electron chi connectivity index (χ1n) is 6.35. The molecule has 0 unspecified atom stereocenters. The average Bonchev–Trinajstić information content (AvgIpc) is 2.31. The number of rotatable bonds is 3. The summed E-state index contributed by atoms with van der Waals surface area (Å²) in [6.45, 7) is 6.09. The summed E-state index contributed by atoms with van der Waals surface area (Å²) in [5, 5.41) is 7.81. The number of H-pyrrole nitrogens is 1. The van der Waals surface area contributed by atoms with Gasteiger partial charge in [-0.05, 0) is 11.5 Å². The van der Waals surface area contributed by atoms with E-state index < -0.39 is 0 Å². The van der Waals surface area contributed by atoms with Gasteiger partial charge in [-0.1, -0.05) is 39.0 Å². The van der Waals surface area contributed by atoms with Gasteiger partial charge < -0.3 is 0 Å².